The van der Waals surface area contributed by atoms with E-state index in [1.165, 1.54) is 120 Å². The number of fused-ring (bicyclic) bond motifs is 2. The zero-order valence-corrected chi connectivity index (χ0v) is 50.8. The molecule has 0 aliphatic carbocycles. The number of phosphoric acid groups is 1. The summed E-state index contributed by atoms with van der Waals surface area (Å²) in [7, 11) is -5.01. The molecule has 456 valence electrons. The minimum Gasteiger partial charge on any atom is -0.756 e. The van der Waals surface area contributed by atoms with Crippen molar-refractivity contribution < 1.29 is 117 Å². The van der Waals surface area contributed by atoms with Crippen LogP contribution in [0.4, 0.5) is 0 Å². The number of aliphatic carboxylic acids is 3. The number of pyridine rings is 1. The molecule has 23 heteroatoms. The first-order valence-corrected chi connectivity index (χ1v) is 30.7. The number of carbonyl (C=O) groups is 6. The molecule has 2 bridgehead atoms. The number of carbonyl (C=O) groups excluding carboxylic acids is 3. The molecular formula is C56H97GdN5O16P-. The monoisotopic (exact) mass is 1280 g/mol. The van der Waals surface area contributed by atoms with Crippen molar-refractivity contribution in [2.75, 3.05) is 78.8 Å². The molecule has 0 fully saturated rings. The molecule has 1 amide bonds. The maximum Gasteiger partial charge on any atom is 0.317 e. The fourth-order valence-electron chi connectivity index (χ4n) is 9.09. The summed E-state index contributed by atoms with van der Waals surface area (Å²) in [5.74, 6) is -4.90. The quantitative estimate of drug-likeness (QED) is 0.0270. The van der Waals surface area contributed by atoms with Crippen molar-refractivity contribution in [2.45, 2.75) is 213 Å². The second kappa shape index (κ2) is 47.6. The number of unbranched alkanes of at least 4 members (excludes halogenated alkanes) is 24. The number of hydrogen-bond donors (Lipinski definition) is 4. The predicted octanol–water partition coefficient (Wildman–Crippen LogP) is 8.67. The number of ether oxygens (including phenoxy) is 3. The second-order valence-electron chi connectivity index (χ2n) is 20.6. The average Bonchev–Trinajstić information content (AvgIpc) is 3.40. The molecule has 1 aromatic rings. The Morgan fingerprint density at radius 1 is 0.595 bits per heavy atom. The van der Waals surface area contributed by atoms with Crippen molar-refractivity contribution in [1.29, 1.82) is 0 Å². The second-order valence-corrected chi connectivity index (χ2v) is 22.0. The Morgan fingerprint density at radius 2 is 1.03 bits per heavy atom. The predicted molar refractivity (Wildman–Crippen MR) is 294 cm³/mol. The van der Waals surface area contributed by atoms with Gasteiger partial charge in [-0.1, -0.05) is 168 Å². The summed E-state index contributed by atoms with van der Waals surface area (Å²) in [6, 6.07) is 3.11. The van der Waals surface area contributed by atoms with Gasteiger partial charge in [-0.15, -0.1) is 0 Å². The van der Waals surface area contributed by atoms with Gasteiger partial charge in [0.1, 0.15) is 12.4 Å². The van der Waals surface area contributed by atoms with Gasteiger partial charge in [0, 0.05) is 98.6 Å². The number of aromatic nitrogens is 1. The van der Waals surface area contributed by atoms with Crippen molar-refractivity contribution in [3.63, 3.8) is 0 Å². The number of nitrogens with one attached hydrogen (secondary N) is 1. The summed E-state index contributed by atoms with van der Waals surface area (Å²) in [5.41, 5.74) is 0.684. The molecular weight excluding hydrogens is 1190 g/mol. The Balaban J connectivity index is 0.0000312. The van der Waals surface area contributed by atoms with Gasteiger partial charge in [0.15, 0.2) is 12.7 Å². The molecule has 0 radical (unpaired) electrons. The van der Waals surface area contributed by atoms with Crippen LogP contribution in [0.2, 0.25) is 0 Å². The van der Waals surface area contributed by atoms with E-state index in [1.807, 2.05) is 0 Å². The van der Waals surface area contributed by atoms with Gasteiger partial charge in [0.05, 0.1) is 44.2 Å². The third-order valence-electron chi connectivity index (χ3n) is 13.4. The van der Waals surface area contributed by atoms with Crippen LogP contribution in [0.3, 0.4) is 0 Å². The number of esters is 2. The van der Waals surface area contributed by atoms with Gasteiger partial charge < -0.3 is 48.8 Å². The molecule has 0 aromatic carbocycles. The molecule has 2 rings (SSSR count). The molecule has 0 saturated heterocycles. The molecule has 1 aromatic heterocycles. The topological polar surface area (TPSA) is 284 Å². The molecule has 21 nitrogen and oxygen atoms in total. The average molecular weight is 1280 g/mol. The minimum atomic E-state index is -5.01. The van der Waals surface area contributed by atoms with Crippen LogP contribution >= 0.6 is 7.82 Å². The zero-order chi connectivity index (χ0) is 57.1. The minimum absolute atomic E-state index is 0. The third kappa shape index (κ3) is 41.7. The van der Waals surface area contributed by atoms with Crippen molar-refractivity contribution in [3.05, 3.63) is 23.5 Å². The number of hydrogen-bond acceptors (Lipinski definition) is 17. The normalized spacial score (nSPS) is 14.7. The largest absolute Gasteiger partial charge is 0.756 e. The van der Waals surface area contributed by atoms with E-state index in [4.69, 9.17) is 23.3 Å². The fraction of sp³-hybridized carbons (Fsp3) is 0.804. The molecule has 0 spiro atoms. The van der Waals surface area contributed by atoms with Gasteiger partial charge in [-0.25, -0.2) is 0 Å². The molecule has 0 saturated carbocycles. The third-order valence-corrected chi connectivity index (χ3v) is 14.4. The van der Waals surface area contributed by atoms with Crippen molar-refractivity contribution in [2.24, 2.45) is 0 Å². The maximum atomic E-state index is 12.9. The first-order chi connectivity index (χ1) is 37.6. The van der Waals surface area contributed by atoms with Gasteiger partial charge in [-0.2, -0.15) is 0 Å². The Hall–Kier alpha value is -2.92. The summed E-state index contributed by atoms with van der Waals surface area (Å²) >= 11 is 0. The van der Waals surface area contributed by atoms with E-state index in [0.29, 0.717) is 18.5 Å². The van der Waals surface area contributed by atoms with E-state index in [0.717, 1.165) is 44.9 Å². The first kappa shape index (κ1) is 74.1. The Labute approximate surface area is 503 Å². The molecule has 1 aliphatic rings. The Morgan fingerprint density at radius 3 is 1.51 bits per heavy atom. The van der Waals surface area contributed by atoms with E-state index in [-0.39, 0.29) is 123 Å². The van der Waals surface area contributed by atoms with Crippen LogP contribution in [0.1, 0.15) is 205 Å². The number of carboxylic acid groups (broad SMARTS) is 3. The van der Waals surface area contributed by atoms with Crippen LogP contribution in [0.15, 0.2) is 12.1 Å². The Bertz CT molecular complexity index is 1890. The Kier molecular flexibility index (Phi) is 44.6. The van der Waals surface area contributed by atoms with Gasteiger partial charge in [-0.3, -0.25) is 53.0 Å². The summed E-state index contributed by atoms with van der Waals surface area (Å²) in [6.45, 7) is 1.63. The van der Waals surface area contributed by atoms with Crippen molar-refractivity contribution >= 4 is 43.6 Å². The fourth-order valence-corrected chi connectivity index (χ4v) is 9.83. The van der Waals surface area contributed by atoms with E-state index >= 15 is 0 Å². The first-order valence-electron chi connectivity index (χ1n) is 29.2. The van der Waals surface area contributed by atoms with E-state index in [9.17, 15) is 53.5 Å². The van der Waals surface area contributed by atoms with Gasteiger partial charge in [-0.05, 0) is 25.0 Å². The van der Waals surface area contributed by atoms with E-state index < -0.39 is 82.7 Å². The van der Waals surface area contributed by atoms with E-state index in [1.54, 1.807) is 15.9 Å². The van der Waals surface area contributed by atoms with Gasteiger partial charge in [0.25, 0.3) is 13.7 Å². The van der Waals surface area contributed by atoms with Crippen LogP contribution < -0.4 is 14.9 Å². The van der Waals surface area contributed by atoms with Crippen LogP contribution in [-0.2, 0) is 64.9 Å². The van der Waals surface area contributed by atoms with Crippen molar-refractivity contribution in [1.82, 2.24) is 25.0 Å². The standard InChI is InChI=1S/C56H98N5O16P.Gd/c1-3-5-7-9-11-13-15-17-19-21-23-25-27-29-55(69)74-44-48(77-56(70)30-28-26-24-22-20-18-16-14-12-10-8-6-4-2)45-76-78(71,72)75-38-33-57-51(62)46-73-50-32-31-47-39-60(42-53(65)66)36-34-59(41-52(63)64)35-37-61(43-54(67)68)40-49(50)58-47;/h31-32,48H,3-30,33-46H2,1-2H3,(H,57,62)(H,63,64)(H,65,66)(H,67,68)(H,71,72);/p-1/t48-;/m1./s1. The van der Waals surface area contributed by atoms with Crippen LogP contribution in [-0.4, -0.2) is 156 Å². The van der Waals surface area contributed by atoms with Gasteiger partial charge in [0.2, 0.25) is 0 Å². The zero-order valence-electron chi connectivity index (χ0n) is 47.7. The molecule has 1 unspecified atom stereocenters. The summed E-state index contributed by atoms with van der Waals surface area (Å²) < 4.78 is 39.7. The number of nitrogens with zero attached hydrogens (tertiary/aromatic N) is 4. The van der Waals surface area contributed by atoms with Crippen LogP contribution in [0.5, 0.6) is 5.75 Å². The van der Waals surface area contributed by atoms with E-state index in [2.05, 4.69) is 24.1 Å². The number of phosphoric ester groups is 1. The van der Waals surface area contributed by atoms with Gasteiger partial charge >= 0.3 is 29.8 Å². The van der Waals surface area contributed by atoms with Crippen LogP contribution in [0.25, 0.3) is 0 Å². The SMILES string of the molecule is CCCCCCCCCCCCCCCC(=O)OC[C@H](COP(=O)([O-])OCCNC(=O)COc1ccc2nc1CN(CC(=O)O)CCN(CC(=O)O)CCN(CC(=O)O)C2)OC(=O)CCCCCCCCCCCCCCC.[Gd]. The van der Waals surface area contributed by atoms with Crippen molar-refractivity contribution in [3.8, 4) is 5.75 Å². The molecule has 4 N–H and O–H groups in total. The molecule has 79 heavy (non-hydrogen) atoms. The molecule has 1 aliphatic heterocycles. The summed E-state index contributed by atoms with van der Waals surface area (Å²) in [5, 5.41) is 31.1. The maximum absolute atomic E-state index is 12.9. The summed E-state index contributed by atoms with van der Waals surface area (Å²) in [4.78, 5) is 95.7. The number of amides is 1. The van der Waals surface area contributed by atoms with Crippen LogP contribution in [0, 0.1) is 39.9 Å². The molecule has 2 atom stereocenters. The number of carboxylic acids is 3. The molecule has 2 heterocycles. The summed E-state index contributed by atoms with van der Waals surface area (Å²) in [6.07, 6.45) is 29.2. The number of rotatable bonds is 47. The smallest absolute Gasteiger partial charge is 0.317 e.